The van der Waals surface area contributed by atoms with Crippen molar-refractivity contribution >= 4 is 22.4 Å². The highest BCUT2D eigenvalue weighted by Crippen LogP contribution is 2.30. The lowest BCUT2D eigenvalue weighted by atomic mass is 10.0. The van der Waals surface area contributed by atoms with Gasteiger partial charge in [-0.1, -0.05) is 36.4 Å². The number of piperazine rings is 1. The SMILES string of the molecule is CCOc1ccccc1N1CCN(C(=O)c2cc3ccccc3cc2OC)CC1. The van der Waals surface area contributed by atoms with Gasteiger partial charge in [0.15, 0.2) is 0 Å². The Labute approximate surface area is 171 Å². The first-order chi connectivity index (χ1) is 14.2. The molecule has 1 aliphatic rings. The zero-order chi connectivity index (χ0) is 20.2. The molecule has 0 atom stereocenters. The van der Waals surface area contributed by atoms with Crippen molar-refractivity contribution in [2.75, 3.05) is 44.8 Å². The number of amides is 1. The van der Waals surface area contributed by atoms with E-state index in [0.29, 0.717) is 31.0 Å². The molecule has 29 heavy (non-hydrogen) atoms. The fraction of sp³-hybridized carbons (Fsp3) is 0.292. The Balaban J connectivity index is 1.52. The van der Waals surface area contributed by atoms with Crippen molar-refractivity contribution in [2.45, 2.75) is 6.92 Å². The van der Waals surface area contributed by atoms with Crippen LogP contribution in [0.25, 0.3) is 10.8 Å². The van der Waals surface area contributed by atoms with Gasteiger partial charge in [-0.2, -0.15) is 0 Å². The Morgan fingerprint density at radius 3 is 2.24 bits per heavy atom. The van der Waals surface area contributed by atoms with Crippen LogP contribution in [0.2, 0.25) is 0 Å². The van der Waals surface area contributed by atoms with Gasteiger partial charge in [0.05, 0.1) is 25.0 Å². The summed E-state index contributed by atoms with van der Waals surface area (Å²) in [5.41, 5.74) is 1.71. The van der Waals surface area contributed by atoms with Gasteiger partial charge in [0.25, 0.3) is 5.91 Å². The average molecular weight is 390 g/mol. The minimum atomic E-state index is 0.0188. The standard InChI is InChI=1S/C24H26N2O3/c1-3-29-22-11-7-6-10-21(22)25-12-14-26(15-13-25)24(27)20-16-18-8-4-5-9-19(18)17-23(20)28-2/h4-11,16-17H,3,12-15H2,1-2H3. The number of carbonyl (C=O) groups excluding carboxylic acids is 1. The van der Waals surface area contributed by atoms with Gasteiger partial charge in [-0.05, 0) is 42.0 Å². The maximum Gasteiger partial charge on any atom is 0.257 e. The molecule has 0 aromatic heterocycles. The van der Waals surface area contributed by atoms with E-state index >= 15 is 0 Å². The summed E-state index contributed by atoms with van der Waals surface area (Å²) < 4.78 is 11.3. The lowest BCUT2D eigenvalue weighted by Gasteiger charge is -2.37. The van der Waals surface area contributed by atoms with Crippen molar-refractivity contribution in [3.8, 4) is 11.5 Å². The van der Waals surface area contributed by atoms with Crippen LogP contribution in [-0.2, 0) is 0 Å². The van der Waals surface area contributed by atoms with Crippen molar-refractivity contribution in [3.05, 3.63) is 66.2 Å². The second-order valence-electron chi connectivity index (χ2n) is 7.08. The molecule has 1 fully saturated rings. The van der Waals surface area contributed by atoms with Gasteiger partial charge < -0.3 is 19.3 Å². The molecule has 5 heteroatoms. The van der Waals surface area contributed by atoms with E-state index in [9.17, 15) is 4.79 Å². The van der Waals surface area contributed by atoms with E-state index in [1.54, 1.807) is 7.11 Å². The first kappa shape index (κ1) is 19.1. The molecular weight excluding hydrogens is 364 g/mol. The zero-order valence-electron chi connectivity index (χ0n) is 16.9. The molecule has 0 saturated carbocycles. The van der Waals surface area contributed by atoms with Crippen molar-refractivity contribution in [1.82, 2.24) is 4.90 Å². The quantitative estimate of drug-likeness (QED) is 0.655. The number of rotatable bonds is 5. The Hall–Kier alpha value is -3.21. The summed E-state index contributed by atoms with van der Waals surface area (Å²) in [5.74, 6) is 1.54. The number of nitrogens with zero attached hydrogens (tertiary/aromatic N) is 2. The summed E-state index contributed by atoms with van der Waals surface area (Å²) in [6, 6.07) is 20.0. The Morgan fingerprint density at radius 2 is 1.55 bits per heavy atom. The van der Waals surface area contributed by atoms with Crippen LogP contribution in [0, 0.1) is 0 Å². The van der Waals surface area contributed by atoms with Crippen molar-refractivity contribution in [1.29, 1.82) is 0 Å². The third kappa shape index (κ3) is 3.86. The second kappa shape index (κ2) is 8.43. The molecule has 0 aliphatic carbocycles. The zero-order valence-corrected chi connectivity index (χ0v) is 16.9. The number of hydrogen-bond donors (Lipinski definition) is 0. The summed E-state index contributed by atoms with van der Waals surface area (Å²) in [7, 11) is 1.61. The van der Waals surface area contributed by atoms with Crippen LogP contribution in [0.3, 0.4) is 0 Å². The number of hydrogen-bond acceptors (Lipinski definition) is 4. The number of fused-ring (bicyclic) bond motifs is 1. The normalized spacial score (nSPS) is 14.1. The van der Waals surface area contributed by atoms with E-state index in [1.807, 2.05) is 66.4 Å². The third-order valence-electron chi connectivity index (χ3n) is 5.37. The number of carbonyl (C=O) groups is 1. The van der Waals surface area contributed by atoms with Crippen LogP contribution >= 0.6 is 0 Å². The number of methoxy groups -OCH3 is 1. The van der Waals surface area contributed by atoms with Crippen LogP contribution in [0.1, 0.15) is 17.3 Å². The Kier molecular flexibility index (Phi) is 5.56. The molecule has 0 N–H and O–H groups in total. The molecule has 4 rings (SSSR count). The minimum absolute atomic E-state index is 0.0188. The number of benzene rings is 3. The minimum Gasteiger partial charge on any atom is -0.496 e. The van der Waals surface area contributed by atoms with E-state index in [4.69, 9.17) is 9.47 Å². The fourth-order valence-corrected chi connectivity index (χ4v) is 3.87. The first-order valence-electron chi connectivity index (χ1n) is 10.0. The second-order valence-corrected chi connectivity index (χ2v) is 7.08. The van der Waals surface area contributed by atoms with Gasteiger partial charge in [-0.15, -0.1) is 0 Å². The molecule has 0 radical (unpaired) electrons. The number of ether oxygens (including phenoxy) is 2. The van der Waals surface area contributed by atoms with E-state index in [0.717, 1.165) is 35.3 Å². The molecule has 150 valence electrons. The highest BCUT2D eigenvalue weighted by molar-refractivity contribution is 6.01. The molecular formula is C24H26N2O3. The topological polar surface area (TPSA) is 42.0 Å². The summed E-state index contributed by atoms with van der Waals surface area (Å²) in [5, 5.41) is 2.11. The van der Waals surface area contributed by atoms with Gasteiger partial charge in [0.2, 0.25) is 0 Å². The summed E-state index contributed by atoms with van der Waals surface area (Å²) >= 11 is 0. The van der Waals surface area contributed by atoms with Crippen LogP contribution in [0.15, 0.2) is 60.7 Å². The number of para-hydroxylation sites is 2. The molecule has 1 aliphatic heterocycles. The molecule has 3 aromatic carbocycles. The summed E-state index contributed by atoms with van der Waals surface area (Å²) in [6.07, 6.45) is 0. The van der Waals surface area contributed by atoms with Gasteiger partial charge in [-0.3, -0.25) is 4.79 Å². The fourth-order valence-electron chi connectivity index (χ4n) is 3.87. The molecule has 1 heterocycles. The van der Waals surface area contributed by atoms with E-state index < -0.39 is 0 Å². The predicted octanol–water partition coefficient (Wildman–Crippen LogP) is 4.21. The van der Waals surface area contributed by atoms with Gasteiger partial charge in [-0.25, -0.2) is 0 Å². The molecule has 3 aromatic rings. The molecule has 0 spiro atoms. The summed E-state index contributed by atoms with van der Waals surface area (Å²) in [4.78, 5) is 17.4. The highest BCUT2D eigenvalue weighted by Gasteiger charge is 2.25. The van der Waals surface area contributed by atoms with E-state index in [-0.39, 0.29) is 5.91 Å². The van der Waals surface area contributed by atoms with Crippen molar-refractivity contribution < 1.29 is 14.3 Å². The summed E-state index contributed by atoms with van der Waals surface area (Å²) in [6.45, 7) is 5.49. The lowest BCUT2D eigenvalue weighted by Crippen LogP contribution is -2.49. The lowest BCUT2D eigenvalue weighted by molar-refractivity contribution is 0.0743. The Bertz CT molecular complexity index is 1010. The maximum absolute atomic E-state index is 13.2. The molecule has 5 nitrogen and oxygen atoms in total. The van der Waals surface area contributed by atoms with Crippen LogP contribution in [0.5, 0.6) is 11.5 Å². The van der Waals surface area contributed by atoms with Gasteiger partial charge in [0.1, 0.15) is 11.5 Å². The van der Waals surface area contributed by atoms with Crippen molar-refractivity contribution in [3.63, 3.8) is 0 Å². The van der Waals surface area contributed by atoms with Crippen LogP contribution in [-0.4, -0.2) is 50.7 Å². The monoisotopic (exact) mass is 390 g/mol. The Morgan fingerprint density at radius 1 is 0.897 bits per heavy atom. The third-order valence-corrected chi connectivity index (χ3v) is 5.37. The van der Waals surface area contributed by atoms with Gasteiger partial charge >= 0.3 is 0 Å². The maximum atomic E-state index is 13.2. The van der Waals surface area contributed by atoms with E-state index in [2.05, 4.69) is 11.0 Å². The van der Waals surface area contributed by atoms with Gasteiger partial charge in [0, 0.05) is 26.2 Å². The molecule has 0 bridgehead atoms. The highest BCUT2D eigenvalue weighted by atomic mass is 16.5. The molecule has 1 amide bonds. The number of anilines is 1. The molecule has 1 saturated heterocycles. The first-order valence-corrected chi connectivity index (χ1v) is 10.0. The van der Waals surface area contributed by atoms with Crippen LogP contribution in [0.4, 0.5) is 5.69 Å². The largest absolute Gasteiger partial charge is 0.496 e. The molecule has 0 unspecified atom stereocenters. The van der Waals surface area contributed by atoms with Crippen molar-refractivity contribution in [2.24, 2.45) is 0 Å². The smallest absolute Gasteiger partial charge is 0.257 e. The van der Waals surface area contributed by atoms with E-state index in [1.165, 1.54) is 0 Å². The van der Waals surface area contributed by atoms with Crippen LogP contribution < -0.4 is 14.4 Å². The average Bonchev–Trinajstić information content (AvgIpc) is 2.78. The predicted molar refractivity (Wildman–Crippen MR) is 116 cm³/mol.